The third-order valence-corrected chi connectivity index (χ3v) is 5.52. The second-order valence-corrected chi connectivity index (χ2v) is 7.20. The zero-order chi connectivity index (χ0) is 20.0. The Hall–Kier alpha value is -4.04. The standard InChI is InChI=1S/C24H17N3O2/c25-12-23-20-10-16-6-2-1-5-15(16)9-18(20)14-27(23)22(24(28)29)11-17-13-26-21-8-4-3-7-19(17)21/h1-10,13-14,22,26H,11H2,(H,28,29)/t22-/m0/s1. The molecule has 0 saturated carbocycles. The molecule has 0 fully saturated rings. The summed E-state index contributed by atoms with van der Waals surface area (Å²) in [6.45, 7) is 0. The molecular formula is C24H17N3O2. The van der Waals surface area contributed by atoms with Crippen molar-refractivity contribution in [2.75, 3.05) is 0 Å². The first kappa shape index (κ1) is 17.1. The Morgan fingerprint density at radius 1 is 1.03 bits per heavy atom. The molecule has 29 heavy (non-hydrogen) atoms. The first-order chi connectivity index (χ1) is 14.2. The van der Waals surface area contributed by atoms with Gasteiger partial charge in [-0.1, -0.05) is 42.5 Å². The van der Waals surface area contributed by atoms with E-state index in [0.717, 1.165) is 38.0 Å². The summed E-state index contributed by atoms with van der Waals surface area (Å²) in [5.41, 5.74) is 2.26. The van der Waals surface area contributed by atoms with Crippen molar-refractivity contribution in [3.05, 3.63) is 84.3 Å². The summed E-state index contributed by atoms with van der Waals surface area (Å²) in [4.78, 5) is 15.4. The average molecular weight is 379 g/mol. The smallest absolute Gasteiger partial charge is 0.327 e. The van der Waals surface area contributed by atoms with Gasteiger partial charge in [0.25, 0.3) is 0 Å². The first-order valence-corrected chi connectivity index (χ1v) is 9.37. The number of hydrogen-bond donors (Lipinski definition) is 2. The Morgan fingerprint density at radius 3 is 2.52 bits per heavy atom. The van der Waals surface area contributed by atoms with Crippen LogP contribution in [-0.2, 0) is 11.2 Å². The number of aliphatic carboxylic acids is 1. The van der Waals surface area contributed by atoms with E-state index < -0.39 is 12.0 Å². The number of nitrogens with zero attached hydrogens (tertiary/aromatic N) is 2. The maximum absolute atomic E-state index is 12.2. The Labute approximate surface area is 166 Å². The molecule has 5 aromatic rings. The van der Waals surface area contributed by atoms with E-state index in [0.29, 0.717) is 5.69 Å². The Bertz CT molecular complexity index is 1440. The van der Waals surface area contributed by atoms with Crippen LogP contribution in [0.3, 0.4) is 0 Å². The highest BCUT2D eigenvalue weighted by Gasteiger charge is 2.25. The van der Waals surface area contributed by atoms with Crippen LogP contribution in [0.25, 0.3) is 32.4 Å². The van der Waals surface area contributed by atoms with E-state index in [9.17, 15) is 15.2 Å². The summed E-state index contributed by atoms with van der Waals surface area (Å²) in [6, 6.07) is 21.1. The number of fused-ring (bicyclic) bond motifs is 3. The lowest BCUT2D eigenvalue weighted by molar-refractivity contribution is -0.140. The van der Waals surface area contributed by atoms with E-state index in [1.807, 2.05) is 66.9 Å². The summed E-state index contributed by atoms with van der Waals surface area (Å²) in [7, 11) is 0. The fourth-order valence-corrected chi connectivity index (χ4v) is 4.10. The van der Waals surface area contributed by atoms with Crippen LogP contribution in [-0.4, -0.2) is 20.6 Å². The molecule has 0 amide bonds. The van der Waals surface area contributed by atoms with Gasteiger partial charge in [0.1, 0.15) is 17.8 Å². The predicted molar refractivity (Wildman–Crippen MR) is 113 cm³/mol. The fourth-order valence-electron chi connectivity index (χ4n) is 4.10. The van der Waals surface area contributed by atoms with Crippen molar-refractivity contribution < 1.29 is 9.90 Å². The molecule has 0 aliphatic heterocycles. The Morgan fingerprint density at radius 2 is 1.76 bits per heavy atom. The number of nitriles is 1. The SMILES string of the molecule is N#Cc1c2cc3ccccc3cc2cn1[C@@H](Cc1c[nH]c2ccccc12)C(=O)O. The maximum Gasteiger partial charge on any atom is 0.327 e. The Balaban J connectivity index is 1.67. The summed E-state index contributed by atoms with van der Waals surface area (Å²) >= 11 is 0. The van der Waals surface area contributed by atoms with E-state index >= 15 is 0 Å². The lowest BCUT2D eigenvalue weighted by Crippen LogP contribution is -2.21. The number of para-hydroxylation sites is 1. The van der Waals surface area contributed by atoms with Gasteiger partial charge in [0, 0.05) is 40.5 Å². The lowest BCUT2D eigenvalue weighted by atomic mass is 10.0. The van der Waals surface area contributed by atoms with Gasteiger partial charge in [-0.05, 0) is 34.5 Å². The molecule has 2 N–H and O–H groups in total. The molecule has 5 nitrogen and oxygen atoms in total. The zero-order valence-electron chi connectivity index (χ0n) is 15.5. The van der Waals surface area contributed by atoms with E-state index in [1.165, 1.54) is 0 Å². The largest absolute Gasteiger partial charge is 0.480 e. The van der Waals surface area contributed by atoms with E-state index in [4.69, 9.17) is 0 Å². The molecular weight excluding hydrogens is 362 g/mol. The van der Waals surface area contributed by atoms with Crippen molar-refractivity contribution >= 4 is 38.4 Å². The van der Waals surface area contributed by atoms with E-state index in [2.05, 4.69) is 11.1 Å². The average Bonchev–Trinajstić information content (AvgIpc) is 3.30. The molecule has 2 heterocycles. The van der Waals surface area contributed by atoms with Gasteiger partial charge in [0.15, 0.2) is 0 Å². The maximum atomic E-state index is 12.2. The highest BCUT2D eigenvalue weighted by atomic mass is 16.4. The number of rotatable bonds is 4. The van der Waals surface area contributed by atoms with Crippen LogP contribution in [0.2, 0.25) is 0 Å². The minimum Gasteiger partial charge on any atom is -0.480 e. The van der Waals surface area contributed by atoms with Gasteiger partial charge in [-0.25, -0.2) is 4.79 Å². The molecule has 0 radical (unpaired) electrons. The molecule has 0 unspecified atom stereocenters. The van der Waals surface area contributed by atoms with E-state index in [-0.39, 0.29) is 6.42 Å². The molecule has 2 aromatic heterocycles. The highest BCUT2D eigenvalue weighted by Crippen LogP contribution is 2.31. The molecule has 5 heteroatoms. The van der Waals surface area contributed by atoms with Crippen molar-refractivity contribution in [3.8, 4) is 6.07 Å². The number of carboxylic acids is 1. The number of benzene rings is 3. The first-order valence-electron chi connectivity index (χ1n) is 9.37. The third kappa shape index (κ3) is 2.74. The van der Waals surface area contributed by atoms with E-state index in [1.54, 1.807) is 10.8 Å². The molecule has 3 aromatic carbocycles. The van der Waals surface area contributed by atoms with Crippen LogP contribution in [0.15, 0.2) is 73.1 Å². The number of nitrogens with one attached hydrogen (secondary N) is 1. The Kier molecular flexibility index (Phi) is 3.85. The van der Waals surface area contributed by atoms with Crippen molar-refractivity contribution in [1.82, 2.24) is 9.55 Å². The summed E-state index contributed by atoms with van der Waals surface area (Å²) < 4.78 is 1.60. The van der Waals surface area contributed by atoms with Crippen LogP contribution >= 0.6 is 0 Å². The van der Waals surface area contributed by atoms with Gasteiger partial charge in [-0.15, -0.1) is 0 Å². The molecule has 140 valence electrons. The van der Waals surface area contributed by atoms with Crippen LogP contribution in [0.4, 0.5) is 0 Å². The van der Waals surface area contributed by atoms with Crippen LogP contribution in [0.1, 0.15) is 17.3 Å². The van der Waals surface area contributed by atoms with Gasteiger partial charge in [-0.3, -0.25) is 0 Å². The second-order valence-electron chi connectivity index (χ2n) is 7.20. The van der Waals surface area contributed by atoms with Gasteiger partial charge in [0.2, 0.25) is 0 Å². The van der Waals surface area contributed by atoms with Crippen molar-refractivity contribution in [2.24, 2.45) is 0 Å². The number of H-pyrrole nitrogens is 1. The monoisotopic (exact) mass is 379 g/mol. The molecule has 0 saturated heterocycles. The number of aromatic nitrogens is 2. The van der Waals surface area contributed by atoms with Crippen molar-refractivity contribution in [2.45, 2.75) is 12.5 Å². The minimum atomic E-state index is -0.961. The van der Waals surface area contributed by atoms with Crippen LogP contribution in [0, 0.1) is 11.3 Å². The number of aromatic amines is 1. The second kappa shape index (κ2) is 6.54. The highest BCUT2D eigenvalue weighted by molar-refractivity contribution is 6.00. The topological polar surface area (TPSA) is 81.8 Å². The molecule has 0 spiro atoms. The van der Waals surface area contributed by atoms with Crippen molar-refractivity contribution in [3.63, 3.8) is 0 Å². The molecule has 0 aliphatic carbocycles. The fraction of sp³-hybridized carbons (Fsp3) is 0.0833. The van der Waals surface area contributed by atoms with Crippen LogP contribution < -0.4 is 0 Å². The molecule has 0 bridgehead atoms. The van der Waals surface area contributed by atoms with Crippen LogP contribution in [0.5, 0.6) is 0 Å². The normalized spacial score (nSPS) is 12.4. The molecule has 5 rings (SSSR count). The molecule has 1 atom stereocenters. The lowest BCUT2D eigenvalue weighted by Gasteiger charge is -2.15. The molecule has 0 aliphatic rings. The van der Waals surface area contributed by atoms with Gasteiger partial charge < -0.3 is 14.7 Å². The quantitative estimate of drug-likeness (QED) is 0.460. The number of hydrogen-bond acceptors (Lipinski definition) is 2. The summed E-state index contributed by atoms with van der Waals surface area (Å²) in [5.74, 6) is -0.961. The third-order valence-electron chi connectivity index (χ3n) is 5.52. The predicted octanol–water partition coefficient (Wildman–Crippen LogP) is 5.02. The van der Waals surface area contributed by atoms with Gasteiger partial charge >= 0.3 is 5.97 Å². The number of carbonyl (C=O) groups is 1. The minimum absolute atomic E-state index is 0.286. The van der Waals surface area contributed by atoms with Crippen molar-refractivity contribution in [1.29, 1.82) is 5.26 Å². The summed E-state index contributed by atoms with van der Waals surface area (Å²) in [6.07, 6.45) is 3.92. The zero-order valence-corrected chi connectivity index (χ0v) is 15.5. The van der Waals surface area contributed by atoms with Gasteiger partial charge in [0.05, 0.1) is 0 Å². The van der Waals surface area contributed by atoms with Gasteiger partial charge in [-0.2, -0.15) is 5.26 Å². The summed E-state index contributed by atoms with van der Waals surface area (Å²) in [5, 5.41) is 24.6. The number of carboxylic acid groups (broad SMARTS) is 1.